The molecule has 0 saturated carbocycles. The quantitative estimate of drug-likeness (QED) is 0.618. The van der Waals surface area contributed by atoms with E-state index in [1.54, 1.807) is 5.47 Å². The van der Waals surface area contributed by atoms with E-state index in [1.807, 2.05) is 0 Å². The maximum Gasteiger partial charge on any atom is 0.176 e. The lowest BCUT2D eigenvalue weighted by molar-refractivity contribution is 0.446. The number of fused-ring (bicyclic) bond motifs is 2. The summed E-state index contributed by atoms with van der Waals surface area (Å²) in [7, 11) is 0. The normalized spacial score (nSPS) is 28.3. The molecule has 18 heavy (non-hydrogen) atoms. The van der Waals surface area contributed by atoms with Crippen LogP contribution >= 0.6 is 0 Å². The average Bonchev–Trinajstić information content (AvgIpc) is 2.39. The molecule has 2 bridgehead atoms. The summed E-state index contributed by atoms with van der Waals surface area (Å²) in [5.41, 5.74) is 3.01. The van der Waals surface area contributed by atoms with Crippen LogP contribution < -0.4 is 0 Å². The van der Waals surface area contributed by atoms with Crippen molar-refractivity contribution in [2.75, 3.05) is 0 Å². The average molecular weight is 238 g/mol. The van der Waals surface area contributed by atoms with Gasteiger partial charge >= 0.3 is 0 Å². The van der Waals surface area contributed by atoms with Crippen LogP contribution in [0.5, 0.6) is 0 Å². The second-order valence-corrected chi connectivity index (χ2v) is 6.21. The first-order valence-electron chi connectivity index (χ1n) is 7.58. The van der Waals surface area contributed by atoms with Crippen LogP contribution in [0.15, 0.2) is 35.8 Å². The van der Waals surface area contributed by atoms with Crippen LogP contribution in [0.1, 0.15) is 51.0 Å². The fraction of sp³-hybridized carbons (Fsp3) is 0.529. The second-order valence-electron chi connectivity index (χ2n) is 6.21. The second kappa shape index (κ2) is 5.34. The highest BCUT2D eigenvalue weighted by molar-refractivity contribution is 6.70. The van der Waals surface area contributed by atoms with Crippen LogP contribution in [0.3, 0.4) is 0 Å². The third-order valence-corrected chi connectivity index (χ3v) is 5.04. The van der Waals surface area contributed by atoms with Crippen LogP contribution in [0, 0.1) is 0 Å². The Morgan fingerprint density at radius 3 is 2.11 bits per heavy atom. The lowest BCUT2D eigenvalue weighted by atomic mass is 9.24. The monoisotopic (exact) mass is 238 g/mol. The molecule has 0 aromatic heterocycles. The van der Waals surface area contributed by atoms with Gasteiger partial charge in [-0.1, -0.05) is 93.5 Å². The van der Waals surface area contributed by atoms with Gasteiger partial charge < -0.3 is 0 Å². The molecular weight excluding hydrogens is 215 g/mol. The van der Waals surface area contributed by atoms with Crippen molar-refractivity contribution < 1.29 is 0 Å². The third-order valence-electron chi connectivity index (χ3n) is 5.04. The Balaban J connectivity index is 1.83. The molecule has 0 unspecified atom stereocenters. The van der Waals surface area contributed by atoms with Gasteiger partial charge in [0.1, 0.15) is 0 Å². The van der Waals surface area contributed by atoms with Crippen molar-refractivity contribution in [3.05, 3.63) is 41.4 Å². The van der Waals surface area contributed by atoms with Gasteiger partial charge in [0.25, 0.3) is 0 Å². The molecule has 0 radical (unpaired) electrons. The minimum absolute atomic E-state index is 0.882. The molecular formula is C17H23B. The summed E-state index contributed by atoms with van der Waals surface area (Å²) >= 11 is 0. The summed E-state index contributed by atoms with van der Waals surface area (Å²) in [5, 5.41) is 0. The van der Waals surface area contributed by atoms with E-state index in [4.69, 9.17) is 0 Å². The molecule has 3 rings (SSSR count). The summed E-state index contributed by atoms with van der Waals surface area (Å²) in [6, 6.07) is 10.8. The molecule has 0 amide bonds. The van der Waals surface area contributed by atoms with E-state index < -0.39 is 0 Å². The smallest absolute Gasteiger partial charge is 0.103 e. The molecule has 0 aliphatic carbocycles. The van der Waals surface area contributed by atoms with Gasteiger partial charge in [-0.05, 0) is 5.56 Å². The Morgan fingerprint density at radius 2 is 1.56 bits per heavy atom. The molecule has 0 nitrogen and oxygen atoms in total. The topological polar surface area (TPSA) is 0 Å². The van der Waals surface area contributed by atoms with E-state index in [0.29, 0.717) is 0 Å². The van der Waals surface area contributed by atoms with Crippen molar-refractivity contribution in [3.8, 4) is 0 Å². The fourth-order valence-electron chi connectivity index (χ4n) is 4.33. The highest BCUT2D eigenvalue weighted by atomic mass is 14.2. The van der Waals surface area contributed by atoms with E-state index in [9.17, 15) is 0 Å². The van der Waals surface area contributed by atoms with E-state index in [1.165, 1.54) is 44.1 Å². The molecule has 0 atom stereocenters. The van der Waals surface area contributed by atoms with Crippen LogP contribution in [0.4, 0.5) is 0 Å². The molecule has 2 saturated heterocycles. The molecule has 1 heteroatoms. The molecule has 2 aliphatic rings. The van der Waals surface area contributed by atoms with Crippen molar-refractivity contribution >= 4 is 12.8 Å². The first kappa shape index (κ1) is 12.1. The van der Waals surface area contributed by atoms with Crippen LogP contribution in [0.2, 0.25) is 11.6 Å². The van der Waals surface area contributed by atoms with Crippen molar-refractivity contribution in [3.63, 3.8) is 0 Å². The Bertz CT molecular complexity index is 398. The summed E-state index contributed by atoms with van der Waals surface area (Å²) in [6.07, 6.45) is 11.3. The van der Waals surface area contributed by atoms with E-state index in [-0.39, 0.29) is 0 Å². The maximum atomic E-state index is 2.43. The van der Waals surface area contributed by atoms with Gasteiger partial charge in [0.15, 0.2) is 6.71 Å². The van der Waals surface area contributed by atoms with Gasteiger partial charge in [-0.2, -0.15) is 0 Å². The molecule has 1 aromatic carbocycles. The SMILES string of the molecule is C/C(=C\c1ccccc1)B1C2CCCC1CCC2. The van der Waals surface area contributed by atoms with Crippen molar-refractivity contribution in [1.82, 2.24) is 0 Å². The zero-order valence-corrected chi connectivity index (χ0v) is 11.4. The summed E-state index contributed by atoms with van der Waals surface area (Å²) in [4.78, 5) is 0. The minimum atomic E-state index is 0.882. The predicted octanol–water partition coefficient (Wildman–Crippen LogP) is 5.23. The lowest BCUT2D eigenvalue weighted by Gasteiger charge is -2.41. The van der Waals surface area contributed by atoms with Gasteiger partial charge in [0.2, 0.25) is 0 Å². The van der Waals surface area contributed by atoms with Crippen LogP contribution in [-0.4, -0.2) is 6.71 Å². The highest BCUT2D eigenvalue weighted by Crippen LogP contribution is 2.48. The number of allylic oxidation sites excluding steroid dienone is 1. The van der Waals surface area contributed by atoms with Gasteiger partial charge in [-0.3, -0.25) is 0 Å². The zero-order valence-electron chi connectivity index (χ0n) is 11.4. The number of hydrogen-bond donors (Lipinski definition) is 0. The summed E-state index contributed by atoms with van der Waals surface area (Å²) in [6.45, 7) is 3.25. The first-order chi connectivity index (χ1) is 8.84. The Labute approximate surface area is 112 Å². The van der Waals surface area contributed by atoms with E-state index in [2.05, 4.69) is 43.3 Å². The Kier molecular flexibility index (Phi) is 3.58. The van der Waals surface area contributed by atoms with Gasteiger partial charge in [-0.15, -0.1) is 5.47 Å². The maximum absolute atomic E-state index is 2.43. The molecule has 94 valence electrons. The van der Waals surface area contributed by atoms with Crippen molar-refractivity contribution in [1.29, 1.82) is 0 Å². The Hall–Kier alpha value is -0.975. The summed E-state index contributed by atoms with van der Waals surface area (Å²) < 4.78 is 0. The predicted molar refractivity (Wildman–Crippen MR) is 81.0 cm³/mol. The van der Waals surface area contributed by atoms with Crippen molar-refractivity contribution in [2.24, 2.45) is 0 Å². The van der Waals surface area contributed by atoms with Crippen LogP contribution in [-0.2, 0) is 0 Å². The zero-order chi connectivity index (χ0) is 12.4. The van der Waals surface area contributed by atoms with Crippen molar-refractivity contribution in [2.45, 2.75) is 57.1 Å². The fourth-order valence-corrected chi connectivity index (χ4v) is 4.33. The third kappa shape index (κ3) is 2.41. The van der Waals surface area contributed by atoms with Crippen LogP contribution in [0.25, 0.3) is 6.08 Å². The number of hydrogen-bond acceptors (Lipinski definition) is 0. The Morgan fingerprint density at radius 1 is 1.00 bits per heavy atom. The van der Waals surface area contributed by atoms with E-state index in [0.717, 1.165) is 18.3 Å². The van der Waals surface area contributed by atoms with E-state index >= 15 is 0 Å². The largest absolute Gasteiger partial charge is 0.176 e. The molecule has 0 N–H and O–H groups in total. The molecule has 1 aromatic rings. The number of benzene rings is 1. The molecule has 0 spiro atoms. The standard InChI is InChI=1S/C17H23B/c1-14(13-15-7-3-2-4-8-15)18-16-9-5-10-17(18)12-6-11-16/h2-4,7-8,13,16-17H,5-6,9-12H2,1H3/b14-13+. The first-order valence-corrected chi connectivity index (χ1v) is 7.58. The molecule has 2 aliphatic heterocycles. The van der Waals surface area contributed by atoms with Gasteiger partial charge in [0, 0.05) is 0 Å². The minimum Gasteiger partial charge on any atom is -0.103 e. The molecule has 2 fully saturated rings. The molecule has 2 heterocycles. The lowest BCUT2D eigenvalue weighted by Crippen LogP contribution is -2.35. The number of rotatable bonds is 2. The summed E-state index contributed by atoms with van der Waals surface area (Å²) in [5.74, 6) is 1.97. The highest BCUT2D eigenvalue weighted by Gasteiger charge is 2.39. The van der Waals surface area contributed by atoms with Gasteiger partial charge in [-0.25, -0.2) is 0 Å². The van der Waals surface area contributed by atoms with Gasteiger partial charge in [0.05, 0.1) is 0 Å².